The van der Waals surface area contributed by atoms with Crippen molar-refractivity contribution in [3.63, 3.8) is 0 Å². The van der Waals surface area contributed by atoms with Gasteiger partial charge in [-0.15, -0.1) is 24.0 Å². The molecule has 0 aromatic heterocycles. The smallest absolute Gasteiger partial charge is 0.0890 e. The molecule has 12 heavy (non-hydrogen) atoms. The van der Waals surface area contributed by atoms with Gasteiger partial charge in [-0.1, -0.05) is 19.8 Å². The van der Waals surface area contributed by atoms with E-state index in [9.17, 15) is 0 Å². The van der Waals surface area contributed by atoms with Gasteiger partial charge in [0.05, 0.1) is 6.67 Å². The number of nitrogens with zero attached hydrogens (tertiary/aromatic N) is 2. The Bertz CT molecular complexity index is 136. The molecular weight excluding hydrogens is 263 g/mol. The Hall–Kier alpha value is 0.0700. The molecule has 0 saturated carbocycles. The third kappa shape index (κ3) is 4.18. The van der Waals surface area contributed by atoms with E-state index in [1.165, 1.54) is 25.8 Å². The van der Waals surface area contributed by atoms with Crippen LogP contribution in [0.4, 0.5) is 0 Å². The standard InChI is InChI=1S/C9H18N2.HI/c1-3-4-5-6-11-8-7-10(2)9-11;/h7-8H,3-6,9H2,1-2H3;1H. The van der Waals surface area contributed by atoms with E-state index < -0.39 is 0 Å². The Kier molecular flexibility index (Phi) is 6.61. The Morgan fingerprint density at radius 2 is 2.00 bits per heavy atom. The Morgan fingerprint density at radius 3 is 2.50 bits per heavy atom. The molecule has 0 aliphatic carbocycles. The second kappa shape index (κ2) is 6.57. The van der Waals surface area contributed by atoms with Gasteiger partial charge in [0.1, 0.15) is 0 Å². The summed E-state index contributed by atoms with van der Waals surface area (Å²) in [4.78, 5) is 4.56. The first-order valence-corrected chi connectivity index (χ1v) is 4.45. The van der Waals surface area contributed by atoms with Crippen LogP contribution < -0.4 is 0 Å². The number of unbranched alkanes of at least 4 members (excludes halogenated alkanes) is 2. The minimum absolute atomic E-state index is 0. The van der Waals surface area contributed by atoms with Crippen molar-refractivity contribution in [1.82, 2.24) is 9.80 Å². The highest BCUT2D eigenvalue weighted by atomic mass is 127. The highest BCUT2D eigenvalue weighted by molar-refractivity contribution is 14.0. The van der Waals surface area contributed by atoms with Gasteiger partial charge in [-0.2, -0.15) is 0 Å². The summed E-state index contributed by atoms with van der Waals surface area (Å²) in [6, 6.07) is 0. The minimum Gasteiger partial charge on any atom is -0.362 e. The molecule has 0 spiro atoms. The topological polar surface area (TPSA) is 6.48 Å². The summed E-state index contributed by atoms with van der Waals surface area (Å²) in [6.45, 7) is 4.53. The van der Waals surface area contributed by atoms with E-state index >= 15 is 0 Å². The number of halogens is 1. The summed E-state index contributed by atoms with van der Waals surface area (Å²) in [5.74, 6) is 0. The third-order valence-electron chi connectivity index (χ3n) is 1.99. The average molecular weight is 282 g/mol. The molecule has 0 aromatic rings. The molecule has 1 heterocycles. The Labute approximate surface area is 92.6 Å². The van der Waals surface area contributed by atoms with Crippen LogP contribution in [0.15, 0.2) is 12.4 Å². The van der Waals surface area contributed by atoms with Crippen LogP contribution in [0.2, 0.25) is 0 Å². The normalized spacial score (nSPS) is 15.2. The summed E-state index contributed by atoms with van der Waals surface area (Å²) < 4.78 is 0. The molecule has 0 unspecified atom stereocenters. The molecule has 0 amide bonds. The van der Waals surface area contributed by atoms with E-state index in [1.807, 2.05) is 0 Å². The lowest BCUT2D eigenvalue weighted by Gasteiger charge is -2.17. The summed E-state index contributed by atoms with van der Waals surface area (Å²) >= 11 is 0. The zero-order valence-electron chi connectivity index (χ0n) is 7.99. The van der Waals surface area contributed by atoms with Gasteiger partial charge < -0.3 is 9.80 Å². The van der Waals surface area contributed by atoms with Crippen LogP contribution in [-0.2, 0) is 0 Å². The van der Waals surface area contributed by atoms with Crippen molar-refractivity contribution in [2.75, 3.05) is 20.3 Å². The third-order valence-corrected chi connectivity index (χ3v) is 1.99. The maximum Gasteiger partial charge on any atom is 0.0890 e. The zero-order valence-corrected chi connectivity index (χ0v) is 10.3. The number of hydrogen-bond donors (Lipinski definition) is 0. The average Bonchev–Trinajstić information content (AvgIpc) is 2.37. The molecular formula is C9H19IN2. The second-order valence-electron chi connectivity index (χ2n) is 3.22. The van der Waals surface area contributed by atoms with Gasteiger partial charge in [0, 0.05) is 26.0 Å². The van der Waals surface area contributed by atoms with Crippen LogP contribution in [0.5, 0.6) is 0 Å². The Morgan fingerprint density at radius 1 is 1.25 bits per heavy atom. The van der Waals surface area contributed by atoms with E-state index in [2.05, 4.69) is 36.2 Å². The fraction of sp³-hybridized carbons (Fsp3) is 0.778. The first-order valence-electron chi connectivity index (χ1n) is 4.45. The maximum atomic E-state index is 2.36. The van der Waals surface area contributed by atoms with Crippen LogP contribution in [0.25, 0.3) is 0 Å². The van der Waals surface area contributed by atoms with Crippen LogP contribution in [-0.4, -0.2) is 30.1 Å². The number of hydrogen-bond acceptors (Lipinski definition) is 2. The lowest BCUT2D eigenvalue weighted by atomic mass is 10.2. The molecule has 0 fully saturated rings. The van der Waals surface area contributed by atoms with Gasteiger partial charge in [0.2, 0.25) is 0 Å². The quantitative estimate of drug-likeness (QED) is 0.577. The molecule has 0 N–H and O–H groups in total. The second-order valence-corrected chi connectivity index (χ2v) is 3.22. The largest absolute Gasteiger partial charge is 0.362 e. The lowest BCUT2D eigenvalue weighted by molar-refractivity contribution is 0.291. The molecule has 1 rings (SSSR count). The van der Waals surface area contributed by atoms with Crippen LogP contribution in [0.1, 0.15) is 26.2 Å². The van der Waals surface area contributed by atoms with Gasteiger partial charge in [-0.05, 0) is 6.42 Å². The molecule has 72 valence electrons. The van der Waals surface area contributed by atoms with E-state index in [0.29, 0.717) is 0 Å². The summed E-state index contributed by atoms with van der Waals surface area (Å²) in [6.07, 6.45) is 8.30. The first-order chi connectivity index (χ1) is 5.33. The minimum atomic E-state index is 0. The van der Waals surface area contributed by atoms with Crippen molar-refractivity contribution < 1.29 is 0 Å². The van der Waals surface area contributed by atoms with Crippen molar-refractivity contribution in [3.8, 4) is 0 Å². The van der Waals surface area contributed by atoms with Gasteiger partial charge >= 0.3 is 0 Å². The molecule has 1 aliphatic rings. The van der Waals surface area contributed by atoms with Gasteiger partial charge in [-0.25, -0.2) is 0 Å². The highest BCUT2D eigenvalue weighted by Gasteiger charge is 2.06. The fourth-order valence-electron chi connectivity index (χ4n) is 1.30. The molecule has 3 heteroatoms. The maximum absolute atomic E-state index is 2.36. The predicted molar refractivity (Wildman–Crippen MR) is 63.4 cm³/mol. The molecule has 0 aromatic carbocycles. The van der Waals surface area contributed by atoms with E-state index in [0.717, 1.165) is 6.67 Å². The lowest BCUT2D eigenvalue weighted by Crippen LogP contribution is -2.23. The van der Waals surface area contributed by atoms with Gasteiger partial charge in [-0.3, -0.25) is 0 Å². The van der Waals surface area contributed by atoms with E-state index in [1.54, 1.807) is 0 Å². The van der Waals surface area contributed by atoms with Crippen molar-refractivity contribution in [2.24, 2.45) is 0 Å². The zero-order chi connectivity index (χ0) is 8.10. The number of rotatable bonds is 4. The van der Waals surface area contributed by atoms with Crippen molar-refractivity contribution in [2.45, 2.75) is 26.2 Å². The molecule has 2 nitrogen and oxygen atoms in total. The van der Waals surface area contributed by atoms with Crippen molar-refractivity contribution >= 4 is 24.0 Å². The van der Waals surface area contributed by atoms with Crippen LogP contribution in [0, 0.1) is 0 Å². The molecule has 0 radical (unpaired) electrons. The fourth-order valence-corrected chi connectivity index (χ4v) is 1.30. The molecule has 0 atom stereocenters. The molecule has 0 saturated heterocycles. The van der Waals surface area contributed by atoms with E-state index in [-0.39, 0.29) is 24.0 Å². The summed E-state index contributed by atoms with van der Waals surface area (Å²) in [5, 5.41) is 0. The van der Waals surface area contributed by atoms with Gasteiger partial charge in [0.15, 0.2) is 0 Å². The summed E-state index contributed by atoms with van der Waals surface area (Å²) in [5.41, 5.74) is 0. The van der Waals surface area contributed by atoms with Crippen LogP contribution in [0.3, 0.4) is 0 Å². The highest BCUT2D eigenvalue weighted by Crippen LogP contribution is 2.05. The van der Waals surface area contributed by atoms with E-state index in [4.69, 9.17) is 0 Å². The first kappa shape index (κ1) is 12.1. The summed E-state index contributed by atoms with van der Waals surface area (Å²) in [7, 11) is 2.11. The van der Waals surface area contributed by atoms with Crippen molar-refractivity contribution in [3.05, 3.63) is 12.4 Å². The monoisotopic (exact) mass is 282 g/mol. The SMILES string of the molecule is CCCCCN1C=CN(C)C1.I. The Balaban J connectivity index is 0.00000121. The van der Waals surface area contributed by atoms with Crippen LogP contribution >= 0.6 is 24.0 Å². The van der Waals surface area contributed by atoms with Crippen molar-refractivity contribution in [1.29, 1.82) is 0 Å². The predicted octanol–water partition coefficient (Wildman–Crippen LogP) is 2.47. The molecule has 1 aliphatic heterocycles. The molecule has 0 bridgehead atoms. The van der Waals surface area contributed by atoms with Gasteiger partial charge in [0.25, 0.3) is 0 Å².